The van der Waals surface area contributed by atoms with Crippen LogP contribution in [0.2, 0.25) is 0 Å². The van der Waals surface area contributed by atoms with Crippen LogP contribution in [0.15, 0.2) is 11.6 Å². The van der Waals surface area contributed by atoms with E-state index in [1.165, 1.54) is 12.0 Å². The van der Waals surface area contributed by atoms with Gasteiger partial charge >= 0.3 is 5.97 Å². The normalized spacial score (nSPS) is 56.3. The first-order valence-corrected chi connectivity index (χ1v) is 13.9. The van der Waals surface area contributed by atoms with E-state index in [2.05, 4.69) is 47.6 Å². The van der Waals surface area contributed by atoms with Crippen LogP contribution in [0.25, 0.3) is 0 Å². The molecule has 0 heterocycles. The molecule has 0 unspecified atom stereocenters. The molecule has 5 aliphatic rings. The molecule has 4 fully saturated rings. The predicted octanol–water partition coefficient (Wildman–Crippen LogP) is 6.20. The van der Waals surface area contributed by atoms with Gasteiger partial charge in [0.2, 0.25) is 0 Å². The minimum absolute atomic E-state index is 0.0325. The number of carboxylic acids is 1. The number of fused-ring (bicyclic) bond motifs is 7. The van der Waals surface area contributed by atoms with E-state index in [-0.39, 0.29) is 39.1 Å². The Bertz CT molecular complexity index is 923. The minimum atomic E-state index is -0.867. The van der Waals surface area contributed by atoms with Crippen LogP contribution in [0.5, 0.6) is 0 Å². The van der Waals surface area contributed by atoms with Crippen LogP contribution < -0.4 is 0 Å². The third-order valence-electron chi connectivity index (χ3n) is 13.4. The lowest BCUT2D eigenvalue weighted by Crippen LogP contribution is -2.65. The van der Waals surface area contributed by atoms with Gasteiger partial charge in [-0.25, -0.2) is 0 Å². The van der Waals surface area contributed by atoms with Crippen molar-refractivity contribution in [3.05, 3.63) is 11.6 Å². The number of hydrogen-bond acceptors (Lipinski definition) is 3. The summed E-state index contributed by atoms with van der Waals surface area (Å²) in [6.07, 6.45) is 10.1. The summed E-state index contributed by atoms with van der Waals surface area (Å²) in [4.78, 5) is 12.3. The predicted molar refractivity (Wildman–Crippen MR) is 134 cm³/mol. The van der Waals surface area contributed by atoms with Crippen molar-refractivity contribution < 1.29 is 20.1 Å². The van der Waals surface area contributed by atoms with Crippen LogP contribution in [0, 0.1) is 50.2 Å². The fraction of sp³-hybridized carbons (Fsp3) is 0.900. The summed E-state index contributed by atoms with van der Waals surface area (Å²) in [5, 5.41) is 32.2. The van der Waals surface area contributed by atoms with Gasteiger partial charge in [0.1, 0.15) is 0 Å². The molecule has 0 radical (unpaired) electrons. The smallest absolute Gasteiger partial charge is 0.309 e. The fourth-order valence-electron chi connectivity index (χ4n) is 10.6. The van der Waals surface area contributed by atoms with Gasteiger partial charge in [0.25, 0.3) is 0 Å². The number of carboxylic acid groups (broad SMARTS) is 1. The molecule has 3 N–H and O–H groups in total. The Hall–Kier alpha value is -0.870. The Morgan fingerprint density at radius 2 is 1.50 bits per heavy atom. The summed E-state index contributed by atoms with van der Waals surface area (Å²) in [6, 6.07) is 0. The number of allylic oxidation sites excluding steroid dienone is 2. The van der Waals surface area contributed by atoms with E-state index < -0.39 is 17.5 Å². The fourth-order valence-corrected chi connectivity index (χ4v) is 10.6. The molecule has 0 saturated heterocycles. The molecule has 0 aromatic heterocycles. The largest absolute Gasteiger partial charge is 0.481 e. The van der Waals surface area contributed by atoms with Crippen molar-refractivity contribution in [1.82, 2.24) is 0 Å². The monoisotopic (exact) mass is 472 g/mol. The molecule has 192 valence electrons. The first kappa shape index (κ1) is 24.8. The lowest BCUT2D eigenvalue weighted by Gasteiger charge is -2.71. The van der Waals surface area contributed by atoms with Gasteiger partial charge in [0, 0.05) is 5.41 Å². The molecule has 0 amide bonds. The Morgan fingerprint density at radius 1 is 0.824 bits per heavy atom. The summed E-state index contributed by atoms with van der Waals surface area (Å²) in [5.74, 6) is 0.463. The van der Waals surface area contributed by atoms with Crippen LogP contribution in [-0.2, 0) is 4.79 Å². The quantitative estimate of drug-likeness (QED) is 0.397. The van der Waals surface area contributed by atoms with E-state index in [1.54, 1.807) is 0 Å². The Balaban J connectivity index is 1.59. The Kier molecular flexibility index (Phi) is 5.20. The standard InChI is InChI=1S/C30H48O4/c1-25(2)20-10-13-30(7)21(28(20,5)12-11-22(25)31)9-8-18-19-16-26(3,24(33)34)17-23(32)27(19,4)14-15-29(18,30)6/h8,19-23,31-32H,9-17H2,1-7H3,(H,33,34)/t19-,20-,21-,22+,23+,26+,27-,28+,29-,30-/m1/s1. The second kappa shape index (κ2) is 7.12. The summed E-state index contributed by atoms with van der Waals surface area (Å²) in [5.41, 5.74) is 0.706. The SMILES string of the molecule is CC1(C)[C@H]2CC[C@]3(C)[C@H](CC=C4[C@H]5C[C@](C)(C(=O)O)C[C@H](O)[C@]5(C)CC[C@]43C)[C@@]2(C)CC[C@@H]1O. The molecule has 4 saturated carbocycles. The van der Waals surface area contributed by atoms with E-state index in [0.717, 1.165) is 38.5 Å². The second-order valence-electron chi connectivity index (χ2n) is 15.0. The van der Waals surface area contributed by atoms with Gasteiger partial charge in [-0.3, -0.25) is 4.79 Å². The van der Waals surface area contributed by atoms with Gasteiger partial charge < -0.3 is 15.3 Å². The van der Waals surface area contributed by atoms with Crippen molar-refractivity contribution in [2.45, 2.75) is 118 Å². The molecular weight excluding hydrogens is 424 g/mol. The number of carbonyl (C=O) groups is 1. The van der Waals surface area contributed by atoms with Crippen LogP contribution in [0.1, 0.15) is 106 Å². The maximum Gasteiger partial charge on any atom is 0.309 e. The first-order chi connectivity index (χ1) is 15.6. The Morgan fingerprint density at radius 3 is 2.15 bits per heavy atom. The molecule has 0 aromatic carbocycles. The number of aliphatic carboxylic acids is 1. The van der Waals surface area contributed by atoms with Crippen molar-refractivity contribution in [3.8, 4) is 0 Å². The molecule has 0 spiro atoms. The van der Waals surface area contributed by atoms with Crippen molar-refractivity contribution in [2.75, 3.05) is 0 Å². The molecule has 4 nitrogen and oxygen atoms in total. The molecule has 5 rings (SSSR count). The first-order valence-electron chi connectivity index (χ1n) is 13.9. The van der Waals surface area contributed by atoms with Crippen molar-refractivity contribution in [3.63, 3.8) is 0 Å². The molecule has 0 aromatic rings. The van der Waals surface area contributed by atoms with E-state index >= 15 is 0 Å². The van der Waals surface area contributed by atoms with E-state index in [4.69, 9.17) is 0 Å². The maximum atomic E-state index is 12.3. The van der Waals surface area contributed by atoms with Crippen molar-refractivity contribution >= 4 is 5.97 Å². The average molecular weight is 473 g/mol. The van der Waals surface area contributed by atoms with E-state index in [0.29, 0.717) is 24.7 Å². The van der Waals surface area contributed by atoms with Gasteiger partial charge in [-0.05, 0) is 104 Å². The number of rotatable bonds is 1. The third-order valence-corrected chi connectivity index (χ3v) is 13.4. The second-order valence-corrected chi connectivity index (χ2v) is 15.0. The summed E-state index contributed by atoms with van der Waals surface area (Å²) < 4.78 is 0. The molecular formula is C30H48O4. The maximum absolute atomic E-state index is 12.3. The minimum Gasteiger partial charge on any atom is -0.481 e. The summed E-state index contributed by atoms with van der Waals surface area (Å²) >= 11 is 0. The summed E-state index contributed by atoms with van der Waals surface area (Å²) in [6.45, 7) is 16.2. The van der Waals surface area contributed by atoms with Gasteiger partial charge in [0.05, 0.1) is 17.6 Å². The van der Waals surface area contributed by atoms with E-state index in [1.807, 2.05) is 6.92 Å². The highest BCUT2D eigenvalue weighted by molar-refractivity contribution is 5.74. The van der Waals surface area contributed by atoms with Crippen LogP contribution in [-0.4, -0.2) is 33.5 Å². The lowest BCUT2D eigenvalue weighted by atomic mass is 9.33. The molecule has 10 atom stereocenters. The third kappa shape index (κ3) is 2.82. The molecule has 5 aliphatic carbocycles. The molecule has 0 aliphatic heterocycles. The number of hydrogen-bond donors (Lipinski definition) is 3. The number of aliphatic hydroxyl groups is 2. The lowest BCUT2D eigenvalue weighted by molar-refractivity contribution is -0.208. The topological polar surface area (TPSA) is 77.8 Å². The molecule has 4 heteroatoms. The number of aliphatic hydroxyl groups excluding tert-OH is 2. The zero-order valence-corrected chi connectivity index (χ0v) is 22.6. The Labute approximate surface area is 206 Å². The zero-order chi connectivity index (χ0) is 25.1. The summed E-state index contributed by atoms with van der Waals surface area (Å²) in [7, 11) is 0. The highest BCUT2D eigenvalue weighted by Crippen LogP contribution is 2.75. The van der Waals surface area contributed by atoms with E-state index in [9.17, 15) is 20.1 Å². The average Bonchev–Trinajstić information content (AvgIpc) is 2.73. The van der Waals surface area contributed by atoms with Gasteiger partial charge in [-0.2, -0.15) is 0 Å². The highest BCUT2D eigenvalue weighted by Gasteiger charge is 2.69. The zero-order valence-electron chi connectivity index (χ0n) is 22.6. The van der Waals surface area contributed by atoms with Gasteiger partial charge in [-0.1, -0.05) is 53.2 Å². The van der Waals surface area contributed by atoms with Crippen molar-refractivity contribution in [1.29, 1.82) is 0 Å². The van der Waals surface area contributed by atoms with Crippen LogP contribution in [0.3, 0.4) is 0 Å². The van der Waals surface area contributed by atoms with Crippen molar-refractivity contribution in [2.24, 2.45) is 50.2 Å². The van der Waals surface area contributed by atoms with Crippen LogP contribution in [0.4, 0.5) is 0 Å². The molecule has 0 bridgehead atoms. The van der Waals surface area contributed by atoms with Crippen LogP contribution >= 0.6 is 0 Å². The van der Waals surface area contributed by atoms with Gasteiger partial charge in [-0.15, -0.1) is 0 Å². The molecule has 34 heavy (non-hydrogen) atoms. The van der Waals surface area contributed by atoms with Gasteiger partial charge in [0.15, 0.2) is 0 Å². The highest BCUT2D eigenvalue weighted by atomic mass is 16.4.